The molecule has 0 saturated carbocycles. The molecule has 1 aromatic carbocycles. The number of fused-ring (bicyclic) bond motifs is 1. The van der Waals surface area contributed by atoms with Crippen molar-refractivity contribution in [3.05, 3.63) is 29.6 Å². The van der Waals surface area contributed by atoms with Gasteiger partial charge < -0.3 is 10.5 Å². The summed E-state index contributed by atoms with van der Waals surface area (Å²) in [5.41, 5.74) is 4.70. The summed E-state index contributed by atoms with van der Waals surface area (Å²) in [5.74, 6) is -3.95. The Balaban J connectivity index is 2.55. The highest BCUT2D eigenvalue weighted by molar-refractivity contribution is 5.40. The third-order valence-electron chi connectivity index (χ3n) is 2.18. The molecule has 2 rings (SSSR count). The van der Waals surface area contributed by atoms with Gasteiger partial charge in [0.05, 0.1) is 5.56 Å². The van der Waals surface area contributed by atoms with Crippen LogP contribution < -0.4 is 10.5 Å². The fraction of sp³-hybridized carbons (Fsp3) is 0.333. The summed E-state index contributed by atoms with van der Waals surface area (Å²) in [6.07, 6.45) is 0. The molecule has 5 heteroatoms. The number of nitrogens with two attached hydrogens (primary N) is 1. The first-order chi connectivity index (χ1) is 6.51. The highest BCUT2D eigenvalue weighted by atomic mass is 19.3. The Kier molecular flexibility index (Phi) is 1.92. The van der Waals surface area contributed by atoms with Crippen LogP contribution in [0.3, 0.4) is 0 Å². The van der Waals surface area contributed by atoms with E-state index >= 15 is 0 Å². The van der Waals surface area contributed by atoms with E-state index in [9.17, 15) is 13.2 Å². The minimum atomic E-state index is -3.23. The van der Waals surface area contributed by atoms with E-state index in [1.165, 1.54) is 6.07 Å². The molecular weight excluding hydrogens is 195 g/mol. The first kappa shape index (κ1) is 9.33. The minimum Gasteiger partial charge on any atom is -0.491 e. The number of alkyl halides is 2. The number of hydrogen-bond acceptors (Lipinski definition) is 2. The molecular formula is C9H8F3NO. The van der Waals surface area contributed by atoms with E-state index < -0.39 is 23.3 Å². The molecule has 2 nitrogen and oxygen atoms in total. The number of benzene rings is 1. The molecule has 0 aliphatic carbocycles. The molecule has 0 radical (unpaired) electrons. The van der Waals surface area contributed by atoms with Gasteiger partial charge in [-0.2, -0.15) is 8.78 Å². The Bertz CT molecular complexity index is 367. The Labute approximate surface area is 78.5 Å². The lowest BCUT2D eigenvalue weighted by Crippen LogP contribution is -2.46. The molecule has 2 N–H and O–H groups in total. The Morgan fingerprint density at radius 1 is 1.43 bits per heavy atom. The molecule has 1 aromatic rings. The molecule has 1 aliphatic rings. The Morgan fingerprint density at radius 2 is 2.14 bits per heavy atom. The lowest BCUT2D eigenvalue weighted by Gasteiger charge is -2.30. The molecule has 76 valence electrons. The molecule has 0 aromatic heterocycles. The van der Waals surface area contributed by atoms with Gasteiger partial charge in [-0.1, -0.05) is 0 Å². The molecule has 1 atom stereocenters. The second-order valence-corrected chi connectivity index (χ2v) is 3.18. The SMILES string of the molecule is NC1COc2ccc(F)cc2C1(F)F. The zero-order valence-electron chi connectivity index (χ0n) is 7.14. The lowest BCUT2D eigenvalue weighted by molar-refractivity contribution is -0.0597. The number of hydrogen-bond donors (Lipinski definition) is 1. The average Bonchev–Trinajstić information content (AvgIpc) is 2.13. The fourth-order valence-corrected chi connectivity index (χ4v) is 1.37. The maximum absolute atomic E-state index is 13.4. The van der Waals surface area contributed by atoms with E-state index in [4.69, 9.17) is 10.5 Å². The summed E-state index contributed by atoms with van der Waals surface area (Å²) in [6.45, 7) is -0.258. The van der Waals surface area contributed by atoms with Crippen molar-refractivity contribution in [1.29, 1.82) is 0 Å². The quantitative estimate of drug-likeness (QED) is 0.695. The van der Waals surface area contributed by atoms with Gasteiger partial charge in [-0.05, 0) is 18.2 Å². The van der Waals surface area contributed by atoms with E-state index in [2.05, 4.69) is 0 Å². The maximum Gasteiger partial charge on any atom is 0.294 e. The van der Waals surface area contributed by atoms with Crippen LogP contribution in [-0.4, -0.2) is 12.6 Å². The van der Waals surface area contributed by atoms with E-state index in [1.807, 2.05) is 0 Å². The summed E-state index contributed by atoms with van der Waals surface area (Å²) in [7, 11) is 0. The molecule has 0 bridgehead atoms. The van der Waals surface area contributed by atoms with Gasteiger partial charge in [0.1, 0.15) is 24.2 Å². The first-order valence-electron chi connectivity index (χ1n) is 4.08. The molecule has 1 unspecified atom stereocenters. The van der Waals surface area contributed by atoms with Crippen LogP contribution in [0.2, 0.25) is 0 Å². The van der Waals surface area contributed by atoms with Crippen LogP contribution in [0.5, 0.6) is 5.75 Å². The van der Waals surface area contributed by atoms with Gasteiger partial charge in [0.2, 0.25) is 0 Å². The van der Waals surface area contributed by atoms with E-state index in [0.717, 1.165) is 12.1 Å². The Hall–Kier alpha value is -1.23. The summed E-state index contributed by atoms with van der Waals surface area (Å²) < 4.78 is 44.5. The molecule has 1 aliphatic heterocycles. The number of halogens is 3. The largest absolute Gasteiger partial charge is 0.491 e. The van der Waals surface area contributed by atoms with Crippen LogP contribution in [0.4, 0.5) is 13.2 Å². The van der Waals surface area contributed by atoms with E-state index in [-0.39, 0.29) is 12.4 Å². The second-order valence-electron chi connectivity index (χ2n) is 3.18. The summed E-state index contributed by atoms with van der Waals surface area (Å²) in [6, 6.07) is 1.60. The Morgan fingerprint density at radius 3 is 2.86 bits per heavy atom. The molecule has 1 heterocycles. The first-order valence-corrected chi connectivity index (χ1v) is 4.08. The molecule has 0 saturated heterocycles. The predicted octanol–water partition coefficient (Wildman–Crippen LogP) is 1.64. The predicted molar refractivity (Wildman–Crippen MR) is 43.8 cm³/mol. The zero-order chi connectivity index (χ0) is 10.3. The van der Waals surface area contributed by atoms with Crippen molar-refractivity contribution in [3.8, 4) is 5.75 Å². The standard InChI is InChI=1S/C9H8F3NO/c10-5-1-2-7-6(3-5)9(11,12)8(13)4-14-7/h1-3,8H,4,13H2. The van der Waals surface area contributed by atoms with Gasteiger partial charge in [0.15, 0.2) is 0 Å². The van der Waals surface area contributed by atoms with Crippen molar-refractivity contribution in [2.24, 2.45) is 5.73 Å². The third kappa shape index (κ3) is 1.24. The lowest BCUT2D eigenvalue weighted by atomic mass is 9.98. The number of rotatable bonds is 0. The van der Waals surface area contributed by atoms with Crippen LogP contribution in [0.15, 0.2) is 18.2 Å². The summed E-state index contributed by atoms with van der Waals surface area (Å²) >= 11 is 0. The maximum atomic E-state index is 13.4. The molecule has 0 fully saturated rings. The summed E-state index contributed by atoms with van der Waals surface area (Å²) in [5, 5.41) is 0. The van der Waals surface area contributed by atoms with Gasteiger partial charge in [-0.25, -0.2) is 4.39 Å². The molecule has 0 amide bonds. The van der Waals surface area contributed by atoms with Crippen molar-refractivity contribution in [2.75, 3.05) is 6.61 Å². The normalized spacial score (nSPS) is 23.9. The van der Waals surface area contributed by atoms with Crippen LogP contribution in [0, 0.1) is 5.82 Å². The molecule has 14 heavy (non-hydrogen) atoms. The number of ether oxygens (including phenoxy) is 1. The second kappa shape index (κ2) is 2.88. The van der Waals surface area contributed by atoms with Crippen LogP contribution >= 0.6 is 0 Å². The minimum absolute atomic E-state index is 0.00176. The van der Waals surface area contributed by atoms with Crippen LogP contribution in [0.25, 0.3) is 0 Å². The zero-order valence-corrected chi connectivity index (χ0v) is 7.14. The molecule has 0 spiro atoms. The van der Waals surface area contributed by atoms with Gasteiger partial charge in [-0.3, -0.25) is 0 Å². The smallest absolute Gasteiger partial charge is 0.294 e. The highest BCUT2D eigenvalue weighted by Gasteiger charge is 2.45. The van der Waals surface area contributed by atoms with Crippen molar-refractivity contribution in [1.82, 2.24) is 0 Å². The monoisotopic (exact) mass is 203 g/mol. The van der Waals surface area contributed by atoms with Crippen molar-refractivity contribution in [2.45, 2.75) is 12.0 Å². The van der Waals surface area contributed by atoms with Gasteiger partial charge >= 0.3 is 0 Å². The van der Waals surface area contributed by atoms with E-state index in [0.29, 0.717) is 0 Å². The van der Waals surface area contributed by atoms with Gasteiger partial charge in [-0.15, -0.1) is 0 Å². The topological polar surface area (TPSA) is 35.2 Å². The summed E-state index contributed by atoms with van der Waals surface area (Å²) in [4.78, 5) is 0. The van der Waals surface area contributed by atoms with Crippen molar-refractivity contribution in [3.63, 3.8) is 0 Å². The van der Waals surface area contributed by atoms with Crippen LogP contribution in [0.1, 0.15) is 5.56 Å². The van der Waals surface area contributed by atoms with Gasteiger partial charge in [0.25, 0.3) is 5.92 Å². The fourth-order valence-electron chi connectivity index (χ4n) is 1.37. The van der Waals surface area contributed by atoms with Crippen molar-refractivity contribution >= 4 is 0 Å². The van der Waals surface area contributed by atoms with Crippen molar-refractivity contribution < 1.29 is 17.9 Å². The average molecular weight is 203 g/mol. The third-order valence-corrected chi connectivity index (χ3v) is 2.18. The van der Waals surface area contributed by atoms with Crippen LogP contribution in [-0.2, 0) is 5.92 Å². The van der Waals surface area contributed by atoms with E-state index in [1.54, 1.807) is 0 Å². The highest BCUT2D eigenvalue weighted by Crippen LogP contribution is 2.40. The van der Waals surface area contributed by atoms with Gasteiger partial charge in [0, 0.05) is 0 Å².